The summed E-state index contributed by atoms with van der Waals surface area (Å²) < 4.78 is 22.8. The summed E-state index contributed by atoms with van der Waals surface area (Å²) in [4.78, 5) is 10.6. The number of para-hydroxylation sites is 1. The molecule has 2 atom stereocenters. The van der Waals surface area contributed by atoms with E-state index < -0.39 is 14.8 Å². The van der Waals surface area contributed by atoms with E-state index in [4.69, 9.17) is 0 Å². The molecule has 1 heterocycles. The molecule has 110 valence electrons. The summed E-state index contributed by atoms with van der Waals surface area (Å²) in [7, 11) is -2.88. The summed E-state index contributed by atoms with van der Waals surface area (Å²) >= 11 is 0. The number of sulfone groups is 1. The van der Waals surface area contributed by atoms with Gasteiger partial charge in [-0.3, -0.25) is 10.1 Å². The second-order valence-electron chi connectivity index (χ2n) is 5.21. The molecule has 1 saturated heterocycles. The molecule has 1 aliphatic heterocycles. The van der Waals surface area contributed by atoms with E-state index in [-0.39, 0.29) is 29.2 Å². The average Bonchev–Trinajstić information content (AvgIpc) is 2.75. The predicted molar refractivity (Wildman–Crippen MR) is 76.3 cm³/mol. The Morgan fingerprint density at radius 3 is 2.75 bits per heavy atom. The topological polar surface area (TPSA) is 89.3 Å². The highest BCUT2D eigenvalue weighted by Gasteiger charge is 2.28. The van der Waals surface area contributed by atoms with Crippen LogP contribution in [0.1, 0.15) is 24.9 Å². The Hall–Kier alpha value is -1.47. The summed E-state index contributed by atoms with van der Waals surface area (Å²) in [5.74, 6) is 0.563. The van der Waals surface area contributed by atoms with Crippen LogP contribution >= 0.6 is 0 Å². The number of nitro groups is 1. The van der Waals surface area contributed by atoms with Gasteiger partial charge in [0.2, 0.25) is 0 Å². The molecule has 0 bridgehead atoms. The van der Waals surface area contributed by atoms with E-state index in [2.05, 4.69) is 5.32 Å². The monoisotopic (exact) mass is 298 g/mol. The first-order chi connectivity index (χ1) is 9.39. The van der Waals surface area contributed by atoms with Crippen LogP contribution in [0.25, 0.3) is 0 Å². The lowest BCUT2D eigenvalue weighted by atomic mass is 10.0. The molecule has 2 rings (SSSR count). The van der Waals surface area contributed by atoms with E-state index in [1.807, 2.05) is 6.92 Å². The number of benzene rings is 1. The summed E-state index contributed by atoms with van der Waals surface area (Å²) in [6, 6.07) is 6.42. The SMILES string of the molecule is CC(NCC1CCS(=O)(=O)C1)c1ccccc1[N+](=O)[O-]. The molecule has 0 aliphatic carbocycles. The van der Waals surface area contributed by atoms with Gasteiger partial charge in [0.1, 0.15) is 0 Å². The van der Waals surface area contributed by atoms with E-state index in [1.54, 1.807) is 18.2 Å². The van der Waals surface area contributed by atoms with Crippen LogP contribution in [0, 0.1) is 16.0 Å². The van der Waals surface area contributed by atoms with Crippen LogP contribution in [0.15, 0.2) is 24.3 Å². The Morgan fingerprint density at radius 2 is 2.15 bits per heavy atom. The third-order valence-electron chi connectivity index (χ3n) is 3.64. The van der Waals surface area contributed by atoms with E-state index in [1.165, 1.54) is 6.07 Å². The first-order valence-corrected chi connectivity index (χ1v) is 8.38. The van der Waals surface area contributed by atoms with Gasteiger partial charge in [0.15, 0.2) is 9.84 Å². The van der Waals surface area contributed by atoms with Gasteiger partial charge in [-0.2, -0.15) is 0 Å². The normalized spacial score (nSPS) is 22.6. The Labute approximate surface area is 118 Å². The van der Waals surface area contributed by atoms with Crippen molar-refractivity contribution in [1.82, 2.24) is 5.32 Å². The highest BCUT2D eigenvalue weighted by molar-refractivity contribution is 7.91. The zero-order valence-corrected chi connectivity index (χ0v) is 12.1. The molecular weight excluding hydrogens is 280 g/mol. The Bertz CT molecular complexity index is 600. The lowest BCUT2D eigenvalue weighted by molar-refractivity contribution is -0.385. The molecular formula is C13H18N2O4S. The molecule has 1 aliphatic rings. The third-order valence-corrected chi connectivity index (χ3v) is 5.48. The molecule has 0 spiro atoms. The number of nitrogens with zero attached hydrogens (tertiary/aromatic N) is 1. The summed E-state index contributed by atoms with van der Waals surface area (Å²) in [6.07, 6.45) is 0.666. The standard InChI is InChI=1S/C13H18N2O4S/c1-10(12-4-2-3-5-13(12)15(16)17)14-8-11-6-7-20(18,19)9-11/h2-5,10-11,14H,6-9H2,1H3. The van der Waals surface area contributed by atoms with Crippen molar-refractivity contribution in [1.29, 1.82) is 0 Å². The smallest absolute Gasteiger partial charge is 0.274 e. The lowest BCUT2D eigenvalue weighted by Gasteiger charge is -2.16. The first kappa shape index (κ1) is 14.9. The van der Waals surface area contributed by atoms with Crippen molar-refractivity contribution >= 4 is 15.5 Å². The molecule has 20 heavy (non-hydrogen) atoms. The summed E-state index contributed by atoms with van der Waals surface area (Å²) in [5, 5.41) is 14.2. The predicted octanol–water partition coefficient (Wildman–Crippen LogP) is 1.68. The van der Waals surface area contributed by atoms with Gasteiger partial charge in [-0.1, -0.05) is 18.2 Å². The molecule has 0 aromatic heterocycles. The van der Waals surface area contributed by atoms with Crippen molar-refractivity contribution in [3.63, 3.8) is 0 Å². The van der Waals surface area contributed by atoms with Gasteiger partial charge < -0.3 is 5.32 Å². The van der Waals surface area contributed by atoms with Crippen molar-refractivity contribution in [2.24, 2.45) is 5.92 Å². The second kappa shape index (κ2) is 5.88. The van der Waals surface area contributed by atoms with Crippen molar-refractivity contribution in [2.75, 3.05) is 18.1 Å². The lowest BCUT2D eigenvalue weighted by Crippen LogP contribution is -2.26. The second-order valence-corrected chi connectivity index (χ2v) is 7.44. The minimum atomic E-state index is -2.88. The quantitative estimate of drug-likeness (QED) is 0.660. The van der Waals surface area contributed by atoms with Gasteiger partial charge >= 0.3 is 0 Å². The van der Waals surface area contributed by atoms with Crippen LogP contribution in [0.3, 0.4) is 0 Å². The zero-order valence-electron chi connectivity index (χ0n) is 11.3. The number of hydrogen-bond acceptors (Lipinski definition) is 5. The Morgan fingerprint density at radius 1 is 1.45 bits per heavy atom. The summed E-state index contributed by atoms with van der Waals surface area (Å²) in [6.45, 7) is 2.41. The molecule has 0 radical (unpaired) electrons. The fourth-order valence-corrected chi connectivity index (χ4v) is 4.37. The van der Waals surface area contributed by atoms with Crippen molar-refractivity contribution in [3.05, 3.63) is 39.9 Å². The molecule has 6 nitrogen and oxygen atoms in total. The van der Waals surface area contributed by atoms with E-state index >= 15 is 0 Å². The van der Waals surface area contributed by atoms with E-state index in [0.717, 1.165) is 0 Å². The Balaban J connectivity index is 1.99. The molecule has 1 fully saturated rings. The van der Waals surface area contributed by atoms with E-state index in [9.17, 15) is 18.5 Å². The first-order valence-electron chi connectivity index (χ1n) is 6.56. The van der Waals surface area contributed by atoms with Crippen LogP contribution in [-0.2, 0) is 9.84 Å². The maximum absolute atomic E-state index is 11.4. The molecule has 2 unspecified atom stereocenters. The summed E-state index contributed by atoms with van der Waals surface area (Å²) in [5.41, 5.74) is 0.713. The number of nitro benzene ring substituents is 1. The number of rotatable bonds is 5. The van der Waals surface area contributed by atoms with Crippen molar-refractivity contribution < 1.29 is 13.3 Å². The fourth-order valence-electron chi connectivity index (χ4n) is 2.51. The average molecular weight is 298 g/mol. The van der Waals surface area contributed by atoms with Crippen LogP contribution < -0.4 is 5.32 Å². The number of nitrogens with one attached hydrogen (secondary N) is 1. The van der Waals surface area contributed by atoms with Crippen molar-refractivity contribution in [2.45, 2.75) is 19.4 Å². The maximum atomic E-state index is 11.4. The molecule has 1 aromatic rings. The highest BCUT2D eigenvalue weighted by Crippen LogP contribution is 2.25. The van der Waals surface area contributed by atoms with Gasteiger partial charge in [-0.05, 0) is 25.8 Å². The fraction of sp³-hybridized carbons (Fsp3) is 0.538. The molecule has 1 aromatic carbocycles. The zero-order chi connectivity index (χ0) is 14.8. The van der Waals surface area contributed by atoms with Crippen molar-refractivity contribution in [3.8, 4) is 0 Å². The van der Waals surface area contributed by atoms with Gasteiger partial charge in [-0.15, -0.1) is 0 Å². The van der Waals surface area contributed by atoms with Crippen LogP contribution in [-0.4, -0.2) is 31.4 Å². The van der Waals surface area contributed by atoms with Gasteiger partial charge in [0, 0.05) is 17.7 Å². The van der Waals surface area contributed by atoms with Crippen LogP contribution in [0.2, 0.25) is 0 Å². The molecule has 7 heteroatoms. The largest absolute Gasteiger partial charge is 0.310 e. The minimum Gasteiger partial charge on any atom is -0.310 e. The number of hydrogen-bond donors (Lipinski definition) is 1. The van der Waals surface area contributed by atoms with Gasteiger partial charge in [-0.25, -0.2) is 8.42 Å². The van der Waals surface area contributed by atoms with Gasteiger partial charge in [0.05, 0.1) is 16.4 Å². The molecule has 1 N–H and O–H groups in total. The van der Waals surface area contributed by atoms with E-state index in [0.29, 0.717) is 18.5 Å². The highest BCUT2D eigenvalue weighted by atomic mass is 32.2. The Kier molecular flexibility index (Phi) is 4.39. The van der Waals surface area contributed by atoms with Crippen LogP contribution in [0.4, 0.5) is 5.69 Å². The third kappa shape index (κ3) is 3.55. The molecule has 0 amide bonds. The van der Waals surface area contributed by atoms with Gasteiger partial charge in [0.25, 0.3) is 5.69 Å². The minimum absolute atomic E-state index is 0.0894. The molecule has 0 saturated carbocycles. The van der Waals surface area contributed by atoms with Crippen LogP contribution in [0.5, 0.6) is 0 Å². The maximum Gasteiger partial charge on any atom is 0.274 e.